The summed E-state index contributed by atoms with van der Waals surface area (Å²) in [5, 5.41) is 5.26. The van der Waals surface area contributed by atoms with E-state index in [1.165, 1.54) is 12.8 Å². The second kappa shape index (κ2) is 8.97. The van der Waals surface area contributed by atoms with Crippen LogP contribution in [-0.2, 0) is 19.5 Å². The lowest BCUT2D eigenvalue weighted by molar-refractivity contribution is 0.00621. The molecular formula is C14H29NO4S. The predicted octanol–water partition coefficient (Wildman–Crippen LogP) is 2.06. The van der Waals surface area contributed by atoms with E-state index < -0.39 is 10.0 Å². The van der Waals surface area contributed by atoms with Crippen molar-refractivity contribution < 1.29 is 17.9 Å². The van der Waals surface area contributed by atoms with Crippen LogP contribution in [0, 0.1) is 5.41 Å². The molecule has 6 heteroatoms. The molecule has 0 aromatic rings. The molecule has 1 fully saturated rings. The van der Waals surface area contributed by atoms with Crippen molar-refractivity contribution in [2.24, 2.45) is 10.6 Å². The van der Waals surface area contributed by atoms with Gasteiger partial charge in [-0.25, -0.2) is 13.6 Å². The molecule has 0 unspecified atom stereocenters. The Balaban J connectivity index is 2.45. The number of ether oxygens (including phenoxy) is 2. The topological polar surface area (TPSA) is 78.6 Å². The van der Waals surface area contributed by atoms with Crippen molar-refractivity contribution in [3.63, 3.8) is 0 Å². The van der Waals surface area contributed by atoms with E-state index in [4.69, 9.17) is 14.6 Å². The van der Waals surface area contributed by atoms with Gasteiger partial charge < -0.3 is 9.47 Å². The SMILES string of the molecule is CCCOCCOCC1(CS(N)(=O)=O)CCCCCC1. The van der Waals surface area contributed by atoms with Gasteiger partial charge in [0.2, 0.25) is 10.0 Å². The Hall–Kier alpha value is -0.170. The van der Waals surface area contributed by atoms with Gasteiger partial charge in [-0.05, 0) is 19.3 Å². The third kappa shape index (κ3) is 7.57. The van der Waals surface area contributed by atoms with Crippen LogP contribution in [0.5, 0.6) is 0 Å². The molecular weight excluding hydrogens is 278 g/mol. The summed E-state index contributed by atoms with van der Waals surface area (Å²) in [5.74, 6) is 0.0375. The number of sulfonamides is 1. The van der Waals surface area contributed by atoms with Crippen molar-refractivity contribution in [3.05, 3.63) is 0 Å². The lowest BCUT2D eigenvalue weighted by atomic mass is 9.83. The molecule has 0 spiro atoms. The Morgan fingerprint density at radius 2 is 1.60 bits per heavy atom. The number of nitrogens with two attached hydrogens (primary N) is 1. The van der Waals surface area contributed by atoms with Crippen LogP contribution < -0.4 is 5.14 Å². The first kappa shape index (κ1) is 17.9. The summed E-state index contributed by atoms with van der Waals surface area (Å²) in [4.78, 5) is 0. The summed E-state index contributed by atoms with van der Waals surface area (Å²) in [6.07, 6.45) is 7.24. The molecule has 0 radical (unpaired) electrons. The summed E-state index contributed by atoms with van der Waals surface area (Å²) >= 11 is 0. The van der Waals surface area contributed by atoms with Crippen LogP contribution in [0.3, 0.4) is 0 Å². The Morgan fingerprint density at radius 3 is 2.15 bits per heavy atom. The highest BCUT2D eigenvalue weighted by atomic mass is 32.2. The molecule has 0 heterocycles. The number of primary sulfonamides is 1. The Kier molecular flexibility index (Phi) is 8.02. The molecule has 2 N–H and O–H groups in total. The molecule has 0 atom stereocenters. The fourth-order valence-corrected chi connectivity index (χ4v) is 4.11. The Bertz CT molecular complexity index is 348. The second-order valence-corrected chi connectivity index (χ2v) is 7.50. The highest BCUT2D eigenvalue weighted by Gasteiger charge is 2.35. The largest absolute Gasteiger partial charge is 0.379 e. The number of rotatable bonds is 9. The zero-order valence-electron chi connectivity index (χ0n) is 12.6. The average molecular weight is 307 g/mol. The van der Waals surface area contributed by atoms with E-state index in [9.17, 15) is 8.42 Å². The molecule has 120 valence electrons. The lowest BCUT2D eigenvalue weighted by Crippen LogP contribution is -2.37. The first-order chi connectivity index (χ1) is 9.47. The maximum atomic E-state index is 11.5. The summed E-state index contributed by atoms with van der Waals surface area (Å²) in [7, 11) is -3.46. The molecule has 0 aromatic carbocycles. The van der Waals surface area contributed by atoms with E-state index in [1.54, 1.807) is 0 Å². The van der Waals surface area contributed by atoms with Crippen LogP contribution in [0.1, 0.15) is 51.9 Å². The van der Waals surface area contributed by atoms with E-state index in [1.807, 2.05) is 0 Å². The van der Waals surface area contributed by atoms with Crippen molar-refractivity contribution >= 4 is 10.0 Å². The molecule has 5 nitrogen and oxygen atoms in total. The maximum absolute atomic E-state index is 11.5. The molecule has 0 amide bonds. The molecule has 0 bridgehead atoms. The van der Waals surface area contributed by atoms with Gasteiger partial charge in [0, 0.05) is 12.0 Å². The highest BCUT2D eigenvalue weighted by Crippen LogP contribution is 2.36. The molecule has 1 rings (SSSR count). The number of hydrogen-bond donors (Lipinski definition) is 1. The van der Waals surface area contributed by atoms with Gasteiger partial charge in [-0.15, -0.1) is 0 Å². The van der Waals surface area contributed by atoms with Crippen molar-refractivity contribution in [1.82, 2.24) is 0 Å². The van der Waals surface area contributed by atoms with Crippen molar-refractivity contribution in [2.45, 2.75) is 51.9 Å². The second-order valence-electron chi connectivity index (χ2n) is 5.89. The van der Waals surface area contributed by atoms with Gasteiger partial charge in [-0.1, -0.05) is 32.6 Å². The Labute approximate surface area is 123 Å². The van der Waals surface area contributed by atoms with Crippen molar-refractivity contribution in [1.29, 1.82) is 0 Å². The van der Waals surface area contributed by atoms with Gasteiger partial charge in [0.1, 0.15) is 0 Å². The van der Waals surface area contributed by atoms with Crippen LogP contribution >= 0.6 is 0 Å². The van der Waals surface area contributed by atoms with Crippen molar-refractivity contribution in [2.75, 3.05) is 32.2 Å². The number of hydrogen-bond acceptors (Lipinski definition) is 4. The smallest absolute Gasteiger partial charge is 0.209 e. The molecule has 0 saturated heterocycles. The first-order valence-electron chi connectivity index (χ1n) is 7.63. The summed E-state index contributed by atoms with van der Waals surface area (Å²) in [5.41, 5.74) is -0.297. The zero-order chi connectivity index (χ0) is 14.9. The molecule has 1 saturated carbocycles. The van der Waals surface area contributed by atoms with Crippen LogP contribution in [0.4, 0.5) is 0 Å². The maximum Gasteiger partial charge on any atom is 0.209 e. The molecule has 0 aliphatic heterocycles. The van der Waals surface area contributed by atoms with Gasteiger partial charge >= 0.3 is 0 Å². The quantitative estimate of drug-likeness (QED) is 0.522. The van der Waals surface area contributed by atoms with E-state index in [-0.39, 0.29) is 11.2 Å². The lowest BCUT2D eigenvalue weighted by Gasteiger charge is -2.31. The summed E-state index contributed by atoms with van der Waals surface area (Å²) in [6.45, 7) is 4.36. The van der Waals surface area contributed by atoms with Crippen LogP contribution in [0.2, 0.25) is 0 Å². The molecule has 1 aliphatic carbocycles. The standard InChI is InChI=1S/C14H29NO4S/c1-2-9-18-10-11-19-12-14(13-20(15,16)17)7-5-3-4-6-8-14/h2-13H2,1H3,(H2,15,16,17). The van der Waals surface area contributed by atoms with Gasteiger partial charge in [0.15, 0.2) is 0 Å². The van der Waals surface area contributed by atoms with E-state index in [0.717, 1.165) is 38.7 Å². The molecule has 20 heavy (non-hydrogen) atoms. The fraction of sp³-hybridized carbons (Fsp3) is 1.00. The summed E-state index contributed by atoms with van der Waals surface area (Å²) < 4.78 is 34.0. The highest BCUT2D eigenvalue weighted by molar-refractivity contribution is 7.89. The molecule has 0 aromatic heterocycles. The van der Waals surface area contributed by atoms with E-state index >= 15 is 0 Å². The Morgan fingerprint density at radius 1 is 1.00 bits per heavy atom. The minimum atomic E-state index is -3.46. The minimum Gasteiger partial charge on any atom is -0.379 e. The predicted molar refractivity (Wildman–Crippen MR) is 80.0 cm³/mol. The van der Waals surface area contributed by atoms with Crippen LogP contribution in [0.15, 0.2) is 0 Å². The fourth-order valence-electron chi connectivity index (χ4n) is 2.89. The van der Waals surface area contributed by atoms with Crippen LogP contribution in [-0.4, -0.2) is 40.6 Å². The van der Waals surface area contributed by atoms with Crippen LogP contribution in [0.25, 0.3) is 0 Å². The first-order valence-corrected chi connectivity index (χ1v) is 9.35. The van der Waals surface area contributed by atoms with E-state index in [2.05, 4.69) is 6.92 Å². The van der Waals surface area contributed by atoms with Gasteiger partial charge in [-0.3, -0.25) is 0 Å². The van der Waals surface area contributed by atoms with Gasteiger partial charge in [0.05, 0.1) is 25.6 Å². The third-order valence-electron chi connectivity index (χ3n) is 3.80. The normalized spacial score (nSPS) is 19.7. The van der Waals surface area contributed by atoms with E-state index in [0.29, 0.717) is 19.8 Å². The van der Waals surface area contributed by atoms with Crippen molar-refractivity contribution in [3.8, 4) is 0 Å². The zero-order valence-corrected chi connectivity index (χ0v) is 13.4. The minimum absolute atomic E-state index is 0.0375. The summed E-state index contributed by atoms with van der Waals surface area (Å²) in [6, 6.07) is 0. The van der Waals surface area contributed by atoms with Gasteiger partial charge in [-0.2, -0.15) is 0 Å². The third-order valence-corrected chi connectivity index (χ3v) is 4.82. The monoisotopic (exact) mass is 307 g/mol. The van der Waals surface area contributed by atoms with Gasteiger partial charge in [0.25, 0.3) is 0 Å². The average Bonchev–Trinajstić information content (AvgIpc) is 2.57. The molecule has 1 aliphatic rings.